The first-order valence-electron chi connectivity index (χ1n) is 8.24. The summed E-state index contributed by atoms with van der Waals surface area (Å²) >= 11 is 0. The number of likely N-dealkylation sites (tertiary alicyclic amines) is 1. The molecule has 3 N–H and O–H groups in total. The summed E-state index contributed by atoms with van der Waals surface area (Å²) in [5.41, 5.74) is 0. The van der Waals surface area contributed by atoms with E-state index in [0.717, 1.165) is 32.0 Å². The van der Waals surface area contributed by atoms with Gasteiger partial charge in [0.05, 0.1) is 6.04 Å². The van der Waals surface area contributed by atoms with Crippen molar-refractivity contribution in [3.8, 4) is 0 Å². The van der Waals surface area contributed by atoms with Crippen LogP contribution in [0.15, 0.2) is 24.3 Å². The summed E-state index contributed by atoms with van der Waals surface area (Å²) in [4.78, 5) is 14.4. The van der Waals surface area contributed by atoms with Gasteiger partial charge in [0.15, 0.2) is 0 Å². The Morgan fingerprint density at radius 3 is 2.39 bits per heavy atom. The van der Waals surface area contributed by atoms with Crippen molar-refractivity contribution in [2.45, 2.75) is 43.9 Å². The van der Waals surface area contributed by atoms with Crippen LogP contribution in [0.25, 0.3) is 0 Å². The van der Waals surface area contributed by atoms with Crippen molar-refractivity contribution >= 4 is 15.9 Å². The summed E-state index contributed by atoms with van der Waals surface area (Å²) in [5, 5.41) is 7.15. The summed E-state index contributed by atoms with van der Waals surface area (Å²) in [5.74, 6) is 0.810. The molecule has 0 bridgehead atoms. The number of hydrogen-bond acceptors (Lipinski definition) is 4. The first-order chi connectivity index (χ1) is 10.8. The second kappa shape index (κ2) is 8.08. The predicted molar refractivity (Wildman–Crippen MR) is 91.2 cm³/mol. The second-order valence-electron chi connectivity index (χ2n) is 6.54. The average molecular weight is 341 g/mol. The summed E-state index contributed by atoms with van der Waals surface area (Å²) in [7, 11) is -3.60. The molecule has 6 nitrogen and oxygen atoms in total. The molecule has 7 heteroatoms. The van der Waals surface area contributed by atoms with Gasteiger partial charge in [-0.3, -0.25) is 4.79 Å². The molecule has 2 aliphatic rings. The lowest BCUT2D eigenvalue weighted by Gasteiger charge is -2.30. The van der Waals surface area contributed by atoms with Crippen molar-refractivity contribution in [3.05, 3.63) is 24.3 Å². The van der Waals surface area contributed by atoms with Crippen LogP contribution in [0.1, 0.15) is 32.6 Å². The number of rotatable bonds is 6. The number of piperidine rings is 1. The van der Waals surface area contributed by atoms with Crippen molar-refractivity contribution in [1.82, 2.24) is 10.2 Å². The molecule has 0 unspecified atom stereocenters. The van der Waals surface area contributed by atoms with Gasteiger partial charge in [-0.2, -0.15) is 0 Å². The van der Waals surface area contributed by atoms with Gasteiger partial charge < -0.3 is 10.2 Å². The van der Waals surface area contributed by atoms with Crippen LogP contribution in [0.4, 0.5) is 0 Å². The highest BCUT2D eigenvalue weighted by Crippen LogP contribution is 2.16. The second-order valence-corrected chi connectivity index (χ2v) is 8.27. The Bertz CT molecular complexity index is 549. The van der Waals surface area contributed by atoms with Crippen LogP contribution < -0.4 is 10.5 Å². The molecule has 1 fully saturated rings. The molecular formula is C16H27N3O3S. The van der Waals surface area contributed by atoms with Crippen LogP contribution in [-0.2, 0) is 14.8 Å². The average Bonchev–Trinajstić information content (AvgIpc) is 2.49. The summed E-state index contributed by atoms with van der Waals surface area (Å²) < 4.78 is 22.4. The molecule has 1 saturated heterocycles. The zero-order chi connectivity index (χ0) is 16.9. The van der Waals surface area contributed by atoms with E-state index in [1.54, 1.807) is 12.2 Å². The number of carbonyl (C=O) groups excluding carboxylic acids is 1. The Hall–Kier alpha value is -1.18. The highest BCUT2D eigenvalue weighted by atomic mass is 32.2. The molecule has 1 aliphatic carbocycles. The zero-order valence-electron chi connectivity index (χ0n) is 13.6. The minimum Gasteiger partial charge on any atom is -0.346 e. The fraction of sp³-hybridized carbons (Fsp3) is 0.688. The van der Waals surface area contributed by atoms with E-state index in [-0.39, 0.29) is 11.9 Å². The van der Waals surface area contributed by atoms with E-state index in [1.807, 2.05) is 0 Å². The van der Waals surface area contributed by atoms with Gasteiger partial charge in [-0.25, -0.2) is 13.6 Å². The van der Waals surface area contributed by atoms with Crippen LogP contribution in [0.3, 0.4) is 0 Å². The van der Waals surface area contributed by atoms with E-state index in [4.69, 9.17) is 5.14 Å². The maximum absolute atomic E-state index is 11.9. The molecule has 1 aliphatic heterocycles. The van der Waals surface area contributed by atoms with E-state index in [1.165, 1.54) is 25.0 Å². The van der Waals surface area contributed by atoms with E-state index in [9.17, 15) is 13.2 Å². The van der Waals surface area contributed by atoms with Gasteiger partial charge in [-0.1, -0.05) is 31.2 Å². The summed E-state index contributed by atoms with van der Waals surface area (Å²) in [6, 6.07) is -0.253. The van der Waals surface area contributed by atoms with Gasteiger partial charge in [-0.05, 0) is 44.8 Å². The molecular weight excluding hydrogens is 314 g/mol. The normalized spacial score (nSPS) is 26.3. The van der Waals surface area contributed by atoms with E-state index >= 15 is 0 Å². The van der Waals surface area contributed by atoms with Crippen molar-refractivity contribution in [2.75, 3.05) is 19.6 Å². The monoisotopic (exact) mass is 341 g/mol. The first kappa shape index (κ1) is 18.2. The largest absolute Gasteiger partial charge is 0.346 e. The maximum Gasteiger partial charge on any atom is 0.220 e. The lowest BCUT2D eigenvalue weighted by atomic mass is 9.99. The van der Waals surface area contributed by atoms with Crippen LogP contribution in [0.2, 0.25) is 0 Å². The number of carbonyl (C=O) groups is 1. The number of hydrogen-bond donors (Lipinski definition) is 2. The molecule has 0 saturated carbocycles. The lowest BCUT2D eigenvalue weighted by Crippen LogP contribution is -2.36. The Labute approximate surface area is 138 Å². The van der Waals surface area contributed by atoms with Crippen LogP contribution in [0, 0.1) is 5.92 Å². The van der Waals surface area contributed by atoms with Crippen LogP contribution >= 0.6 is 0 Å². The fourth-order valence-electron chi connectivity index (χ4n) is 2.91. The van der Waals surface area contributed by atoms with Crippen molar-refractivity contribution in [3.63, 3.8) is 0 Å². The Morgan fingerprint density at radius 1 is 1.22 bits per heavy atom. The van der Waals surface area contributed by atoms with Crippen LogP contribution in [-0.4, -0.2) is 50.2 Å². The molecule has 1 amide bonds. The highest BCUT2D eigenvalue weighted by Gasteiger charge is 2.20. The van der Waals surface area contributed by atoms with E-state index in [2.05, 4.69) is 17.1 Å². The van der Waals surface area contributed by atoms with Gasteiger partial charge >= 0.3 is 0 Å². The Kier molecular flexibility index (Phi) is 6.38. The van der Waals surface area contributed by atoms with Gasteiger partial charge in [0.25, 0.3) is 0 Å². The minimum atomic E-state index is -3.60. The van der Waals surface area contributed by atoms with Crippen LogP contribution in [0.5, 0.6) is 0 Å². The fourth-order valence-corrected chi connectivity index (χ4v) is 3.53. The lowest BCUT2D eigenvalue weighted by molar-refractivity contribution is -0.121. The molecule has 23 heavy (non-hydrogen) atoms. The van der Waals surface area contributed by atoms with E-state index < -0.39 is 15.3 Å². The molecule has 0 aromatic heterocycles. The molecule has 0 aromatic rings. The molecule has 0 spiro atoms. The number of primary sulfonamides is 1. The standard InChI is InChI=1S/C16H27N3O3S/c1-13-8-11-19(12-9-13)10-2-3-16(20)18-14-4-6-15(7-5-14)23(17,21)22/h4-7,13-15H,2-3,8-12H2,1H3,(H,18,20)(H2,17,21,22). The third-order valence-corrected chi connectivity index (χ3v) is 5.55. The smallest absolute Gasteiger partial charge is 0.220 e. The molecule has 1 heterocycles. The number of nitrogens with zero attached hydrogens (tertiary/aromatic N) is 1. The molecule has 0 aromatic carbocycles. The van der Waals surface area contributed by atoms with Crippen molar-refractivity contribution in [2.24, 2.45) is 11.1 Å². The first-order valence-corrected chi connectivity index (χ1v) is 9.85. The van der Waals surface area contributed by atoms with Gasteiger partial charge in [0, 0.05) is 6.42 Å². The topological polar surface area (TPSA) is 92.5 Å². The molecule has 130 valence electrons. The van der Waals surface area contributed by atoms with Gasteiger partial charge in [0.2, 0.25) is 15.9 Å². The van der Waals surface area contributed by atoms with E-state index in [0.29, 0.717) is 6.42 Å². The highest BCUT2D eigenvalue weighted by molar-refractivity contribution is 7.90. The summed E-state index contributed by atoms with van der Waals surface area (Å²) in [6.07, 6.45) is 10.2. The van der Waals surface area contributed by atoms with Gasteiger partial charge in [-0.15, -0.1) is 0 Å². The predicted octanol–water partition coefficient (Wildman–Crippen LogP) is 0.766. The maximum atomic E-state index is 11.9. The SMILES string of the molecule is CC1CCN(CCCC(=O)NC2C=CC(S(N)(=O)=O)C=C2)CC1. The molecule has 2 rings (SSSR count). The zero-order valence-corrected chi connectivity index (χ0v) is 14.5. The van der Waals surface area contributed by atoms with Crippen molar-refractivity contribution in [1.29, 1.82) is 0 Å². The van der Waals surface area contributed by atoms with Gasteiger partial charge in [0.1, 0.15) is 5.25 Å². The van der Waals surface area contributed by atoms with Crippen molar-refractivity contribution < 1.29 is 13.2 Å². The number of sulfonamides is 1. The number of nitrogens with one attached hydrogen (secondary N) is 1. The Balaban J connectivity index is 1.65. The Morgan fingerprint density at radius 2 is 1.83 bits per heavy atom. The summed E-state index contributed by atoms with van der Waals surface area (Å²) in [6.45, 7) is 5.51. The minimum absolute atomic E-state index is 0.0104. The molecule has 0 radical (unpaired) electrons. The number of amides is 1. The third kappa shape index (κ3) is 6.08. The quantitative estimate of drug-likeness (QED) is 0.698. The number of nitrogens with two attached hydrogens (primary N) is 1. The molecule has 0 atom stereocenters. The third-order valence-electron chi connectivity index (χ3n) is 4.48.